The number of hydrogen-bond donors (Lipinski definition) is 0. The summed E-state index contributed by atoms with van der Waals surface area (Å²) < 4.78 is 10.3. The highest BCUT2D eigenvalue weighted by molar-refractivity contribution is 5.96. The fourth-order valence-corrected chi connectivity index (χ4v) is 2.76. The molecule has 0 saturated carbocycles. The van der Waals surface area contributed by atoms with Gasteiger partial charge in [-0.2, -0.15) is 4.98 Å². The number of nitrogens with zero attached hydrogens (tertiary/aromatic N) is 3. The van der Waals surface area contributed by atoms with Crippen LogP contribution < -0.4 is 4.90 Å². The molecule has 1 saturated heterocycles. The zero-order chi connectivity index (χ0) is 15.8. The SMILES string of the molecule is Cc1ccc(N2C[C@H](c3noc(-c4ccoc4)n3)CC2=O)cc1. The predicted octanol–water partition coefficient (Wildman–Crippen LogP) is 3.16. The minimum Gasteiger partial charge on any atom is -0.472 e. The molecule has 0 aliphatic carbocycles. The summed E-state index contributed by atoms with van der Waals surface area (Å²) >= 11 is 0. The van der Waals surface area contributed by atoms with Gasteiger partial charge >= 0.3 is 0 Å². The van der Waals surface area contributed by atoms with Gasteiger partial charge in [0, 0.05) is 24.6 Å². The van der Waals surface area contributed by atoms with Crippen LogP contribution in [0.25, 0.3) is 11.5 Å². The van der Waals surface area contributed by atoms with Crippen LogP contribution in [0.1, 0.15) is 23.7 Å². The highest BCUT2D eigenvalue weighted by atomic mass is 16.5. The van der Waals surface area contributed by atoms with Crippen molar-refractivity contribution in [3.8, 4) is 11.5 Å². The molecule has 0 bridgehead atoms. The molecule has 23 heavy (non-hydrogen) atoms. The molecule has 3 heterocycles. The van der Waals surface area contributed by atoms with Crippen LogP contribution in [0.2, 0.25) is 0 Å². The number of rotatable bonds is 3. The molecular formula is C17H15N3O3. The van der Waals surface area contributed by atoms with Gasteiger partial charge in [0.25, 0.3) is 5.89 Å². The maximum Gasteiger partial charge on any atom is 0.261 e. The average Bonchev–Trinajstić information content (AvgIpc) is 3.27. The molecule has 1 aliphatic rings. The van der Waals surface area contributed by atoms with Crippen LogP contribution in [0.15, 0.2) is 51.8 Å². The second-order valence-corrected chi connectivity index (χ2v) is 5.71. The van der Waals surface area contributed by atoms with Gasteiger partial charge in [0.2, 0.25) is 5.91 Å². The predicted molar refractivity (Wildman–Crippen MR) is 82.9 cm³/mol. The second-order valence-electron chi connectivity index (χ2n) is 5.71. The van der Waals surface area contributed by atoms with Crippen LogP contribution in [-0.4, -0.2) is 22.6 Å². The molecule has 1 amide bonds. The summed E-state index contributed by atoms with van der Waals surface area (Å²) in [6, 6.07) is 9.68. The van der Waals surface area contributed by atoms with Crippen molar-refractivity contribution in [1.29, 1.82) is 0 Å². The van der Waals surface area contributed by atoms with Crippen molar-refractivity contribution in [3.63, 3.8) is 0 Å². The summed E-state index contributed by atoms with van der Waals surface area (Å²) in [5.74, 6) is 0.987. The van der Waals surface area contributed by atoms with Crippen molar-refractivity contribution in [2.24, 2.45) is 0 Å². The number of amides is 1. The topological polar surface area (TPSA) is 72.4 Å². The van der Waals surface area contributed by atoms with Crippen molar-refractivity contribution in [2.75, 3.05) is 11.4 Å². The van der Waals surface area contributed by atoms with E-state index in [-0.39, 0.29) is 11.8 Å². The Morgan fingerprint density at radius 2 is 2.04 bits per heavy atom. The van der Waals surface area contributed by atoms with Crippen molar-refractivity contribution in [1.82, 2.24) is 10.1 Å². The van der Waals surface area contributed by atoms with Crippen molar-refractivity contribution in [2.45, 2.75) is 19.3 Å². The van der Waals surface area contributed by atoms with Crippen LogP contribution in [-0.2, 0) is 4.79 Å². The largest absolute Gasteiger partial charge is 0.472 e. The second kappa shape index (κ2) is 5.39. The van der Waals surface area contributed by atoms with E-state index in [4.69, 9.17) is 8.94 Å². The number of aromatic nitrogens is 2. The Hall–Kier alpha value is -2.89. The highest BCUT2D eigenvalue weighted by Crippen LogP contribution is 2.31. The normalized spacial score (nSPS) is 17.9. The van der Waals surface area contributed by atoms with E-state index < -0.39 is 0 Å². The average molecular weight is 309 g/mol. The molecule has 2 aromatic heterocycles. The van der Waals surface area contributed by atoms with E-state index in [2.05, 4.69) is 10.1 Å². The van der Waals surface area contributed by atoms with Crippen molar-refractivity contribution >= 4 is 11.6 Å². The molecule has 1 aliphatic heterocycles. The number of aryl methyl sites for hydroxylation is 1. The quantitative estimate of drug-likeness (QED) is 0.743. The molecule has 1 fully saturated rings. The monoisotopic (exact) mass is 309 g/mol. The summed E-state index contributed by atoms with van der Waals surface area (Å²) in [7, 11) is 0. The van der Waals surface area contributed by atoms with E-state index in [0.29, 0.717) is 24.7 Å². The molecule has 1 atom stereocenters. The lowest BCUT2D eigenvalue weighted by molar-refractivity contribution is -0.117. The first-order chi connectivity index (χ1) is 11.2. The van der Waals surface area contributed by atoms with Gasteiger partial charge in [0.1, 0.15) is 6.26 Å². The highest BCUT2D eigenvalue weighted by Gasteiger charge is 2.34. The lowest BCUT2D eigenvalue weighted by atomic mass is 10.1. The first kappa shape index (κ1) is 13.8. The number of furan rings is 1. The van der Waals surface area contributed by atoms with Gasteiger partial charge in [-0.05, 0) is 25.1 Å². The van der Waals surface area contributed by atoms with E-state index >= 15 is 0 Å². The van der Waals surface area contributed by atoms with Crippen LogP contribution in [0, 0.1) is 6.92 Å². The van der Waals surface area contributed by atoms with E-state index in [0.717, 1.165) is 11.3 Å². The van der Waals surface area contributed by atoms with Gasteiger partial charge in [-0.25, -0.2) is 0 Å². The van der Waals surface area contributed by atoms with E-state index in [9.17, 15) is 4.79 Å². The number of hydrogen-bond acceptors (Lipinski definition) is 5. The standard InChI is InChI=1S/C17H15N3O3/c1-11-2-4-14(5-3-11)20-9-13(8-15(20)21)16-18-17(23-19-16)12-6-7-22-10-12/h2-7,10,13H,8-9H2,1H3/t13-/m1/s1. The lowest BCUT2D eigenvalue weighted by Crippen LogP contribution is -2.24. The molecule has 0 spiro atoms. The van der Waals surface area contributed by atoms with Crippen molar-refractivity contribution < 1.29 is 13.7 Å². The third-order valence-corrected chi connectivity index (χ3v) is 4.05. The lowest BCUT2D eigenvalue weighted by Gasteiger charge is -2.16. The molecule has 6 nitrogen and oxygen atoms in total. The Labute approximate surface area is 132 Å². The minimum absolute atomic E-state index is 0.0618. The Kier molecular flexibility index (Phi) is 3.22. The molecule has 0 N–H and O–H groups in total. The summed E-state index contributed by atoms with van der Waals surface area (Å²) in [6.45, 7) is 2.58. The third-order valence-electron chi connectivity index (χ3n) is 4.05. The molecule has 0 radical (unpaired) electrons. The molecule has 116 valence electrons. The third kappa shape index (κ3) is 2.52. The molecule has 4 rings (SSSR count). The number of carbonyl (C=O) groups excluding carboxylic acids is 1. The smallest absolute Gasteiger partial charge is 0.261 e. The first-order valence-electron chi connectivity index (χ1n) is 7.44. The molecule has 6 heteroatoms. The van der Waals surface area contributed by atoms with Crippen LogP contribution >= 0.6 is 0 Å². The molecule has 3 aromatic rings. The first-order valence-corrected chi connectivity index (χ1v) is 7.44. The summed E-state index contributed by atoms with van der Waals surface area (Å²) in [5, 5.41) is 4.02. The maximum absolute atomic E-state index is 12.3. The number of anilines is 1. The van der Waals surface area contributed by atoms with Crippen molar-refractivity contribution in [3.05, 3.63) is 54.2 Å². The van der Waals surface area contributed by atoms with Gasteiger partial charge in [0.05, 0.1) is 11.8 Å². The Bertz CT molecular complexity index is 821. The maximum atomic E-state index is 12.3. The zero-order valence-electron chi connectivity index (χ0n) is 12.6. The minimum atomic E-state index is -0.0618. The number of carbonyl (C=O) groups is 1. The fraction of sp³-hybridized carbons (Fsp3) is 0.235. The Morgan fingerprint density at radius 1 is 1.22 bits per heavy atom. The van der Waals surface area contributed by atoms with E-state index in [1.807, 2.05) is 31.2 Å². The van der Waals surface area contributed by atoms with E-state index in [1.54, 1.807) is 23.5 Å². The summed E-state index contributed by atoms with van der Waals surface area (Å²) in [6.07, 6.45) is 3.49. The van der Waals surface area contributed by atoms with Gasteiger partial charge in [-0.15, -0.1) is 0 Å². The summed E-state index contributed by atoms with van der Waals surface area (Å²) in [5.41, 5.74) is 2.81. The fourth-order valence-electron chi connectivity index (χ4n) is 2.76. The van der Waals surface area contributed by atoms with Gasteiger partial charge in [-0.1, -0.05) is 22.9 Å². The zero-order valence-corrected chi connectivity index (χ0v) is 12.6. The Morgan fingerprint density at radius 3 is 2.78 bits per heavy atom. The van der Waals surface area contributed by atoms with Crippen LogP contribution in [0.4, 0.5) is 5.69 Å². The van der Waals surface area contributed by atoms with Crippen LogP contribution in [0.3, 0.4) is 0 Å². The molecule has 1 aromatic carbocycles. The Balaban J connectivity index is 1.55. The summed E-state index contributed by atoms with van der Waals surface area (Å²) in [4.78, 5) is 18.5. The molecule has 0 unspecified atom stereocenters. The molecular weight excluding hydrogens is 294 g/mol. The van der Waals surface area contributed by atoms with Gasteiger partial charge in [0.15, 0.2) is 5.82 Å². The number of benzene rings is 1. The van der Waals surface area contributed by atoms with E-state index in [1.165, 1.54) is 5.56 Å². The van der Waals surface area contributed by atoms with Gasteiger partial charge < -0.3 is 13.8 Å². The van der Waals surface area contributed by atoms with Gasteiger partial charge in [-0.3, -0.25) is 4.79 Å². The van der Waals surface area contributed by atoms with Crippen LogP contribution in [0.5, 0.6) is 0 Å².